The largest absolute Gasteiger partial charge is 0.367 e. The van der Waals surface area contributed by atoms with Gasteiger partial charge in [-0.15, -0.1) is 5.10 Å². The van der Waals surface area contributed by atoms with E-state index in [1.165, 1.54) is 6.07 Å². The molecule has 0 aliphatic carbocycles. The summed E-state index contributed by atoms with van der Waals surface area (Å²) in [5.41, 5.74) is 6.12. The van der Waals surface area contributed by atoms with Crippen molar-refractivity contribution in [3.63, 3.8) is 0 Å². The maximum atomic E-state index is 11.8. The van der Waals surface area contributed by atoms with Crippen molar-refractivity contribution < 1.29 is 0 Å². The van der Waals surface area contributed by atoms with Crippen LogP contribution in [0.15, 0.2) is 23.3 Å². The molecular weight excluding hydrogens is 256 g/mol. The normalized spacial score (nSPS) is 16.6. The first kappa shape index (κ1) is 12.9. The van der Waals surface area contributed by atoms with E-state index >= 15 is 0 Å². The summed E-state index contributed by atoms with van der Waals surface area (Å²) in [4.78, 5) is 21.2. The van der Waals surface area contributed by atoms with E-state index in [4.69, 9.17) is 5.73 Å². The summed E-state index contributed by atoms with van der Waals surface area (Å²) in [5.74, 6) is 1.75. The number of H-pyrrole nitrogens is 2. The zero-order chi connectivity index (χ0) is 13.9. The minimum atomic E-state index is -0.0757. The Labute approximate surface area is 116 Å². The number of nitrogens with zero attached hydrogens (tertiary/aromatic N) is 3. The fraction of sp³-hybridized carbons (Fsp3) is 0.462. The number of pyridine rings is 1. The molecule has 0 spiro atoms. The Morgan fingerprint density at radius 1 is 1.40 bits per heavy atom. The number of aromatic amines is 2. The molecule has 0 radical (unpaired) electrons. The molecule has 106 valence electrons. The number of hydrogen-bond donors (Lipinski definition) is 3. The number of aromatic nitrogens is 4. The van der Waals surface area contributed by atoms with Crippen molar-refractivity contribution in [2.75, 3.05) is 24.5 Å². The molecule has 2 aromatic heterocycles. The van der Waals surface area contributed by atoms with Crippen LogP contribution in [0.25, 0.3) is 11.4 Å². The molecule has 0 atom stereocenters. The summed E-state index contributed by atoms with van der Waals surface area (Å²) in [7, 11) is 0. The van der Waals surface area contributed by atoms with Crippen LogP contribution in [0.5, 0.6) is 0 Å². The third kappa shape index (κ3) is 2.44. The third-order valence-corrected chi connectivity index (χ3v) is 3.78. The summed E-state index contributed by atoms with van der Waals surface area (Å²) >= 11 is 0. The molecule has 7 nitrogen and oxygen atoms in total. The van der Waals surface area contributed by atoms with Crippen molar-refractivity contribution in [2.45, 2.75) is 12.8 Å². The van der Waals surface area contributed by atoms with Gasteiger partial charge in [-0.2, -0.15) is 4.98 Å². The van der Waals surface area contributed by atoms with Gasteiger partial charge in [0.2, 0.25) is 5.95 Å². The first-order valence-corrected chi connectivity index (χ1v) is 6.83. The second-order valence-corrected chi connectivity index (χ2v) is 5.07. The van der Waals surface area contributed by atoms with Gasteiger partial charge < -0.3 is 15.6 Å². The van der Waals surface area contributed by atoms with Crippen LogP contribution in [0.4, 0.5) is 5.95 Å². The lowest BCUT2D eigenvalue weighted by atomic mass is 9.97. The van der Waals surface area contributed by atoms with Crippen molar-refractivity contribution in [3.8, 4) is 11.4 Å². The Hall–Kier alpha value is -2.15. The van der Waals surface area contributed by atoms with Crippen LogP contribution < -0.4 is 16.1 Å². The van der Waals surface area contributed by atoms with Crippen LogP contribution in [0.3, 0.4) is 0 Å². The Kier molecular flexibility index (Phi) is 3.51. The van der Waals surface area contributed by atoms with Crippen molar-refractivity contribution >= 4 is 5.95 Å². The van der Waals surface area contributed by atoms with Gasteiger partial charge in [-0.25, -0.2) is 0 Å². The van der Waals surface area contributed by atoms with Gasteiger partial charge in [-0.3, -0.25) is 9.89 Å². The van der Waals surface area contributed by atoms with Gasteiger partial charge in [0.05, 0.1) is 5.56 Å². The average molecular weight is 274 g/mol. The summed E-state index contributed by atoms with van der Waals surface area (Å²) < 4.78 is 0. The zero-order valence-corrected chi connectivity index (χ0v) is 11.2. The number of piperidine rings is 1. The van der Waals surface area contributed by atoms with Crippen molar-refractivity contribution in [3.05, 3.63) is 28.7 Å². The molecule has 0 amide bonds. The average Bonchev–Trinajstić information content (AvgIpc) is 2.97. The molecule has 0 aromatic carbocycles. The number of rotatable bonds is 3. The van der Waals surface area contributed by atoms with Gasteiger partial charge in [-0.1, -0.05) is 0 Å². The lowest BCUT2D eigenvalue weighted by Crippen LogP contribution is -2.36. The molecule has 3 heterocycles. The van der Waals surface area contributed by atoms with Gasteiger partial charge in [0.15, 0.2) is 11.3 Å². The molecule has 1 aliphatic rings. The van der Waals surface area contributed by atoms with Crippen molar-refractivity contribution in [1.29, 1.82) is 0 Å². The lowest BCUT2D eigenvalue weighted by Gasteiger charge is -2.30. The van der Waals surface area contributed by atoms with E-state index in [-0.39, 0.29) is 5.43 Å². The molecule has 20 heavy (non-hydrogen) atoms. The van der Waals surface area contributed by atoms with Gasteiger partial charge >= 0.3 is 0 Å². The molecule has 4 N–H and O–H groups in total. The monoisotopic (exact) mass is 274 g/mol. The first-order valence-electron chi connectivity index (χ1n) is 6.83. The quantitative estimate of drug-likeness (QED) is 0.748. The van der Waals surface area contributed by atoms with Crippen LogP contribution in [-0.2, 0) is 0 Å². The van der Waals surface area contributed by atoms with Crippen LogP contribution in [0.1, 0.15) is 12.8 Å². The Morgan fingerprint density at radius 2 is 2.20 bits per heavy atom. The van der Waals surface area contributed by atoms with Crippen LogP contribution in [-0.4, -0.2) is 39.8 Å². The molecule has 3 rings (SSSR count). The maximum absolute atomic E-state index is 11.8. The third-order valence-electron chi connectivity index (χ3n) is 3.78. The van der Waals surface area contributed by atoms with E-state index < -0.39 is 0 Å². The van der Waals surface area contributed by atoms with Gasteiger partial charge in [0, 0.05) is 31.5 Å². The Bertz CT molecular complexity index is 626. The highest BCUT2D eigenvalue weighted by molar-refractivity contribution is 5.54. The molecule has 1 aliphatic heterocycles. The smallest absolute Gasteiger partial charge is 0.245 e. The van der Waals surface area contributed by atoms with Crippen LogP contribution in [0, 0.1) is 5.92 Å². The number of nitrogens with one attached hydrogen (secondary N) is 2. The minimum absolute atomic E-state index is 0.0757. The summed E-state index contributed by atoms with van der Waals surface area (Å²) in [6, 6.07) is 1.48. The van der Waals surface area contributed by atoms with Gasteiger partial charge in [0.1, 0.15) is 0 Å². The lowest BCUT2D eigenvalue weighted by molar-refractivity contribution is 0.411. The van der Waals surface area contributed by atoms with E-state index in [1.807, 2.05) is 0 Å². The Morgan fingerprint density at radius 3 is 2.90 bits per heavy atom. The molecule has 1 saturated heterocycles. The molecular formula is C13H18N6O. The second-order valence-electron chi connectivity index (χ2n) is 5.07. The maximum Gasteiger partial charge on any atom is 0.245 e. The number of hydrogen-bond acceptors (Lipinski definition) is 5. The highest BCUT2D eigenvalue weighted by Gasteiger charge is 2.21. The topological polar surface area (TPSA) is 104 Å². The predicted molar refractivity (Wildman–Crippen MR) is 76.4 cm³/mol. The molecule has 1 fully saturated rings. The fourth-order valence-electron chi connectivity index (χ4n) is 2.48. The summed E-state index contributed by atoms with van der Waals surface area (Å²) in [5, 5.41) is 7.05. The van der Waals surface area contributed by atoms with Gasteiger partial charge in [0.25, 0.3) is 0 Å². The number of nitrogens with two attached hydrogens (primary N) is 1. The standard InChI is InChI=1S/C13H18N6O/c14-7-9-2-5-19(6-3-9)13-16-12(17-18-13)10-8-15-4-1-11(10)20/h1,4,8-9H,2-3,5-7,14H2,(H,15,20)(H,16,17,18). The van der Waals surface area contributed by atoms with Crippen molar-refractivity contribution in [2.24, 2.45) is 11.7 Å². The molecule has 2 aromatic rings. The molecule has 0 saturated carbocycles. The van der Waals surface area contributed by atoms with Gasteiger partial charge in [-0.05, 0) is 25.3 Å². The molecule has 7 heteroatoms. The number of anilines is 1. The predicted octanol–water partition coefficient (Wildman–Crippen LogP) is 0.335. The van der Waals surface area contributed by atoms with E-state index in [0.717, 1.165) is 32.5 Å². The zero-order valence-electron chi connectivity index (χ0n) is 11.2. The highest BCUT2D eigenvalue weighted by atomic mass is 16.1. The molecule has 0 unspecified atom stereocenters. The van der Waals surface area contributed by atoms with E-state index in [0.29, 0.717) is 23.3 Å². The SMILES string of the molecule is NCC1CCN(c2n[nH]c(-c3c[nH]ccc3=O)n2)CC1. The first-order chi connectivity index (χ1) is 9.78. The Balaban J connectivity index is 1.78. The molecule has 0 bridgehead atoms. The summed E-state index contributed by atoms with van der Waals surface area (Å²) in [6.45, 7) is 2.56. The second kappa shape index (κ2) is 5.46. The van der Waals surface area contributed by atoms with Crippen LogP contribution >= 0.6 is 0 Å². The van der Waals surface area contributed by atoms with E-state index in [2.05, 4.69) is 25.1 Å². The van der Waals surface area contributed by atoms with E-state index in [9.17, 15) is 4.79 Å². The minimum Gasteiger partial charge on any atom is -0.367 e. The van der Waals surface area contributed by atoms with Crippen LogP contribution in [0.2, 0.25) is 0 Å². The fourth-order valence-corrected chi connectivity index (χ4v) is 2.48. The highest BCUT2D eigenvalue weighted by Crippen LogP contribution is 2.21. The van der Waals surface area contributed by atoms with E-state index in [1.54, 1.807) is 12.4 Å². The van der Waals surface area contributed by atoms with Crippen molar-refractivity contribution in [1.82, 2.24) is 20.2 Å². The summed E-state index contributed by atoms with van der Waals surface area (Å²) in [6.07, 6.45) is 5.35.